The average Bonchev–Trinajstić information content (AvgIpc) is 2.73. The van der Waals surface area contributed by atoms with Crippen LogP contribution in [0.4, 0.5) is 14.9 Å². The largest absolute Gasteiger partial charge is 0.444 e. The van der Waals surface area contributed by atoms with Gasteiger partial charge in [-0.1, -0.05) is 11.6 Å². The molecule has 4 nitrogen and oxygen atoms in total. The Kier molecular flexibility index (Phi) is 4.65. The van der Waals surface area contributed by atoms with Crippen molar-refractivity contribution in [2.75, 3.05) is 5.32 Å². The number of nitrogens with one attached hydrogen (secondary N) is 1. The lowest BCUT2D eigenvalue weighted by Gasteiger charge is -2.40. The molecule has 2 aliphatic rings. The highest BCUT2D eigenvalue weighted by molar-refractivity contribution is 6.30. The Morgan fingerprint density at radius 2 is 1.92 bits per heavy atom. The SMILES string of the molecule is CC(C)(C)OC(=O)N1C2CCC1CC(Nc1ccc(Cl)c(F)c1)C2. The number of carbonyl (C=O) groups is 1. The Labute approximate surface area is 147 Å². The number of ether oxygens (including phenoxy) is 1. The minimum Gasteiger partial charge on any atom is -0.444 e. The van der Waals surface area contributed by atoms with Crippen molar-refractivity contribution in [1.29, 1.82) is 0 Å². The summed E-state index contributed by atoms with van der Waals surface area (Å²) in [4.78, 5) is 14.3. The summed E-state index contributed by atoms with van der Waals surface area (Å²) < 4.78 is 19.1. The first-order chi connectivity index (χ1) is 11.2. The number of rotatable bonds is 2. The topological polar surface area (TPSA) is 41.6 Å². The Morgan fingerprint density at radius 3 is 2.46 bits per heavy atom. The van der Waals surface area contributed by atoms with E-state index in [9.17, 15) is 9.18 Å². The summed E-state index contributed by atoms with van der Waals surface area (Å²) in [6.07, 6.45) is 3.47. The standard InChI is InChI=1S/C18H24ClFN2O2/c1-18(2,3)24-17(23)22-13-5-6-14(22)9-12(8-13)21-11-4-7-15(19)16(20)10-11/h4,7,10,12-14,21H,5-6,8-9H2,1-3H3. The van der Waals surface area contributed by atoms with Crippen molar-refractivity contribution in [3.8, 4) is 0 Å². The second-order valence-electron chi connectivity index (χ2n) is 7.71. The van der Waals surface area contributed by atoms with E-state index in [1.165, 1.54) is 6.07 Å². The molecule has 1 amide bonds. The van der Waals surface area contributed by atoms with Crippen LogP contribution in [0.5, 0.6) is 0 Å². The lowest BCUT2D eigenvalue weighted by molar-refractivity contribution is 0.00684. The number of fused-ring (bicyclic) bond motifs is 2. The molecule has 2 atom stereocenters. The van der Waals surface area contributed by atoms with Gasteiger partial charge < -0.3 is 15.0 Å². The van der Waals surface area contributed by atoms with Gasteiger partial charge in [0, 0.05) is 23.8 Å². The average molecular weight is 355 g/mol. The maximum absolute atomic E-state index is 13.6. The summed E-state index contributed by atoms with van der Waals surface area (Å²) >= 11 is 5.73. The zero-order valence-corrected chi connectivity index (χ0v) is 15.1. The van der Waals surface area contributed by atoms with E-state index in [0.29, 0.717) is 0 Å². The Balaban J connectivity index is 1.64. The monoisotopic (exact) mass is 354 g/mol. The Hall–Kier alpha value is -1.49. The van der Waals surface area contributed by atoms with Gasteiger partial charge in [-0.15, -0.1) is 0 Å². The molecule has 3 rings (SSSR count). The fourth-order valence-electron chi connectivity index (χ4n) is 3.73. The quantitative estimate of drug-likeness (QED) is 0.827. The van der Waals surface area contributed by atoms with Crippen LogP contribution in [0.15, 0.2) is 18.2 Å². The zero-order valence-electron chi connectivity index (χ0n) is 14.3. The minimum absolute atomic E-state index is 0.125. The van der Waals surface area contributed by atoms with E-state index in [1.807, 2.05) is 25.7 Å². The third-order valence-electron chi connectivity index (χ3n) is 4.63. The van der Waals surface area contributed by atoms with Gasteiger partial charge in [-0.05, 0) is 64.7 Å². The molecule has 2 aliphatic heterocycles. The smallest absolute Gasteiger partial charge is 0.410 e. The van der Waals surface area contributed by atoms with Crippen LogP contribution in [-0.2, 0) is 4.74 Å². The van der Waals surface area contributed by atoms with Crippen LogP contribution in [0.2, 0.25) is 5.02 Å². The molecule has 2 bridgehead atoms. The van der Waals surface area contributed by atoms with Gasteiger partial charge in [0.2, 0.25) is 0 Å². The Bertz CT molecular complexity index is 618. The molecule has 2 fully saturated rings. The van der Waals surface area contributed by atoms with E-state index in [0.717, 1.165) is 31.4 Å². The number of halogens is 2. The van der Waals surface area contributed by atoms with E-state index >= 15 is 0 Å². The number of nitrogens with zero attached hydrogens (tertiary/aromatic N) is 1. The van der Waals surface area contributed by atoms with Gasteiger partial charge in [0.1, 0.15) is 11.4 Å². The van der Waals surface area contributed by atoms with Crippen LogP contribution >= 0.6 is 11.6 Å². The van der Waals surface area contributed by atoms with Crippen molar-refractivity contribution < 1.29 is 13.9 Å². The van der Waals surface area contributed by atoms with Gasteiger partial charge in [0.15, 0.2) is 0 Å². The first kappa shape index (κ1) is 17.3. The minimum atomic E-state index is -0.480. The molecule has 0 radical (unpaired) electrons. The third kappa shape index (κ3) is 3.77. The molecule has 0 aromatic heterocycles. The second-order valence-corrected chi connectivity index (χ2v) is 8.12. The maximum Gasteiger partial charge on any atom is 0.410 e. The van der Waals surface area contributed by atoms with Crippen molar-refractivity contribution in [1.82, 2.24) is 4.90 Å². The molecule has 0 spiro atoms. The zero-order chi connectivity index (χ0) is 17.5. The van der Waals surface area contributed by atoms with E-state index in [1.54, 1.807) is 12.1 Å². The summed E-state index contributed by atoms with van der Waals surface area (Å²) in [6.45, 7) is 5.66. The number of carbonyl (C=O) groups excluding carboxylic acids is 1. The van der Waals surface area contributed by atoms with E-state index in [4.69, 9.17) is 16.3 Å². The van der Waals surface area contributed by atoms with Gasteiger partial charge in [-0.2, -0.15) is 0 Å². The summed E-state index contributed by atoms with van der Waals surface area (Å²) in [6, 6.07) is 5.37. The van der Waals surface area contributed by atoms with Crippen LogP contribution in [0.25, 0.3) is 0 Å². The highest BCUT2D eigenvalue weighted by atomic mass is 35.5. The molecule has 0 aliphatic carbocycles. The maximum atomic E-state index is 13.6. The van der Waals surface area contributed by atoms with Crippen LogP contribution in [0.1, 0.15) is 46.5 Å². The molecule has 1 N–H and O–H groups in total. The summed E-state index contributed by atoms with van der Waals surface area (Å²) in [7, 11) is 0. The number of piperidine rings is 1. The van der Waals surface area contributed by atoms with Crippen LogP contribution in [0.3, 0.4) is 0 Å². The van der Waals surface area contributed by atoms with Crippen molar-refractivity contribution in [2.45, 2.75) is 70.2 Å². The first-order valence-corrected chi connectivity index (χ1v) is 8.83. The molecule has 6 heteroatoms. The molecule has 1 aromatic carbocycles. The predicted molar refractivity (Wildman–Crippen MR) is 92.9 cm³/mol. The van der Waals surface area contributed by atoms with E-state index in [2.05, 4.69) is 5.32 Å². The number of benzene rings is 1. The lowest BCUT2D eigenvalue weighted by Crippen LogP contribution is -2.51. The molecular formula is C18H24ClFN2O2. The summed E-state index contributed by atoms with van der Waals surface area (Å²) in [5, 5.41) is 3.51. The fourth-order valence-corrected chi connectivity index (χ4v) is 3.85. The number of amides is 1. The number of hydrogen-bond acceptors (Lipinski definition) is 3. The van der Waals surface area contributed by atoms with E-state index < -0.39 is 11.4 Å². The van der Waals surface area contributed by atoms with Crippen LogP contribution in [0, 0.1) is 5.82 Å². The summed E-state index contributed by atoms with van der Waals surface area (Å²) in [5.41, 5.74) is 0.249. The fraction of sp³-hybridized carbons (Fsp3) is 0.611. The van der Waals surface area contributed by atoms with Gasteiger partial charge in [0.05, 0.1) is 5.02 Å². The molecular weight excluding hydrogens is 331 g/mol. The first-order valence-electron chi connectivity index (χ1n) is 8.46. The van der Waals surface area contributed by atoms with Gasteiger partial charge in [0.25, 0.3) is 0 Å². The molecule has 0 saturated carbocycles. The normalized spacial score (nSPS) is 26.4. The predicted octanol–water partition coefficient (Wildman–Crippen LogP) is 4.82. The molecule has 24 heavy (non-hydrogen) atoms. The van der Waals surface area contributed by atoms with Crippen LogP contribution < -0.4 is 5.32 Å². The summed E-state index contributed by atoms with van der Waals surface area (Å²) in [5.74, 6) is -0.421. The molecule has 2 saturated heterocycles. The molecule has 2 heterocycles. The highest BCUT2D eigenvalue weighted by Gasteiger charge is 2.44. The van der Waals surface area contributed by atoms with Crippen molar-refractivity contribution >= 4 is 23.4 Å². The van der Waals surface area contributed by atoms with Gasteiger partial charge in [-0.3, -0.25) is 0 Å². The molecule has 132 valence electrons. The van der Waals surface area contributed by atoms with E-state index in [-0.39, 0.29) is 29.2 Å². The number of anilines is 1. The second kappa shape index (κ2) is 6.43. The van der Waals surface area contributed by atoms with Crippen LogP contribution in [-0.4, -0.2) is 34.7 Å². The van der Waals surface area contributed by atoms with Crippen molar-refractivity contribution in [3.63, 3.8) is 0 Å². The van der Waals surface area contributed by atoms with Gasteiger partial charge >= 0.3 is 6.09 Å². The van der Waals surface area contributed by atoms with Crippen molar-refractivity contribution in [2.24, 2.45) is 0 Å². The lowest BCUT2D eigenvalue weighted by atomic mass is 9.97. The number of hydrogen-bond donors (Lipinski definition) is 1. The third-order valence-corrected chi connectivity index (χ3v) is 4.93. The molecule has 1 aromatic rings. The van der Waals surface area contributed by atoms with Gasteiger partial charge in [-0.25, -0.2) is 9.18 Å². The molecule has 2 unspecified atom stereocenters. The highest BCUT2D eigenvalue weighted by Crippen LogP contribution is 2.38. The van der Waals surface area contributed by atoms with Crippen molar-refractivity contribution in [3.05, 3.63) is 29.0 Å². The Morgan fingerprint density at radius 1 is 1.29 bits per heavy atom.